The number of nitrogens with zero attached hydrogens (tertiary/aromatic N) is 1. The van der Waals surface area contributed by atoms with Gasteiger partial charge in [-0.25, -0.2) is 0 Å². The predicted molar refractivity (Wildman–Crippen MR) is 66.5 cm³/mol. The molecule has 0 heterocycles. The highest BCUT2D eigenvalue weighted by molar-refractivity contribution is 5.94. The largest absolute Gasteiger partial charge is 0.459 e. The Labute approximate surface area is 107 Å². The van der Waals surface area contributed by atoms with E-state index in [0.717, 1.165) is 5.70 Å². The fourth-order valence-electron chi connectivity index (χ4n) is 1.12. The number of nitrogens with one attached hydrogen (secondary N) is 1. The molecular formula is C12H20N2O4. The molecule has 0 bridgehead atoms. The molecule has 0 aromatic rings. The van der Waals surface area contributed by atoms with E-state index in [1.54, 1.807) is 11.8 Å². The number of hydrogen-bond donors (Lipinski definition) is 1. The van der Waals surface area contributed by atoms with Crippen molar-refractivity contribution in [3.05, 3.63) is 11.4 Å². The zero-order valence-electron chi connectivity index (χ0n) is 11.5. The van der Waals surface area contributed by atoms with Gasteiger partial charge < -0.3 is 15.0 Å². The van der Waals surface area contributed by atoms with Gasteiger partial charge in [0.1, 0.15) is 18.8 Å². The minimum Gasteiger partial charge on any atom is -0.459 e. The molecular weight excluding hydrogens is 236 g/mol. The van der Waals surface area contributed by atoms with Gasteiger partial charge in [0.2, 0.25) is 5.91 Å². The topological polar surface area (TPSA) is 75.7 Å². The summed E-state index contributed by atoms with van der Waals surface area (Å²) in [7, 11) is 3.63. The first-order valence-electron chi connectivity index (χ1n) is 5.53. The van der Waals surface area contributed by atoms with Crippen molar-refractivity contribution >= 4 is 17.7 Å². The first-order valence-corrected chi connectivity index (χ1v) is 5.53. The zero-order valence-corrected chi connectivity index (χ0v) is 11.5. The van der Waals surface area contributed by atoms with E-state index >= 15 is 0 Å². The summed E-state index contributed by atoms with van der Waals surface area (Å²) in [6.07, 6.45) is -0.256. The lowest BCUT2D eigenvalue weighted by Gasteiger charge is -2.19. The quantitative estimate of drug-likeness (QED) is 0.551. The number of hydrogen-bond acceptors (Lipinski definition) is 5. The highest BCUT2D eigenvalue weighted by atomic mass is 16.5. The van der Waals surface area contributed by atoms with Crippen LogP contribution in [0.15, 0.2) is 11.4 Å². The molecule has 0 aromatic carbocycles. The molecule has 0 atom stereocenters. The molecule has 0 saturated heterocycles. The van der Waals surface area contributed by atoms with Gasteiger partial charge in [-0.2, -0.15) is 0 Å². The Hall–Kier alpha value is -1.85. The molecule has 1 N–H and O–H groups in total. The van der Waals surface area contributed by atoms with Crippen molar-refractivity contribution in [3.8, 4) is 0 Å². The Morgan fingerprint density at radius 1 is 1.11 bits per heavy atom. The van der Waals surface area contributed by atoms with Crippen molar-refractivity contribution in [1.29, 1.82) is 0 Å². The van der Waals surface area contributed by atoms with Crippen molar-refractivity contribution in [3.63, 3.8) is 0 Å². The van der Waals surface area contributed by atoms with Crippen molar-refractivity contribution in [2.45, 2.75) is 27.2 Å². The molecule has 0 rings (SSSR count). The first-order chi connectivity index (χ1) is 8.23. The van der Waals surface area contributed by atoms with Crippen molar-refractivity contribution in [1.82, 2.24) is 10.2 Å². The summed E-state index contributed by atoms with van der Waals surface area (Å²) in [5, 5.41) is 2.61. The number of esters is 1. The van der Waals surface area contributed by atoms with Crippen LogP contribution in [-0.4, -0.2) is 43.3 Å². The highest BCUT2D eigenvalue weighted by Gasteiger charge is 2.11. The van der Waals surface area contributed by atoms with E-state index in [-0.39, 0.29) is 24.7 Å². The highest BCUT2D eigenvalue weighted by Crippen LogP contribution is 2.05. The van der Waals surface area contributed by atoms with E-state index in [2.05, 4.69) is 5.32 Å². The molecule has 6 heteroatoms. The standard InChI is InChI=1S/C12H20N2O4/c1-8(15)6-12(17)18-7-11(13-10(3)16)9(2)14(4)5/h6-7H2,1-5H3,(H,13,16)/b11-9-. The third-order valence-electron chi connectivity index (χ3n) is 2.21. The second kappa shape index (κ2) is 7.47. The smallest absolute Gasteiger partial charge is 0.313 e. The van der Waals surface area contributed by atoms with Crippen LogP contribution in [0.2, 0.25) is 0 Å². The third-order valence-corrected chi connectivity index (χ3v) is 2.21. The third kappa shape index (κ3) is 6.67. The van der Waals surface area contributed by atoms with Crippen LogP contribution in [0.4, 0.5) is 0 Å². The summed E-state index contributed by atoms with van der Waals surface area (Å²) in [4.78, 5) is 34.8. The molecule has 0 saturated carbocycles. The SMILES string of the molecule is CC(=O)CC(=O)OC/C(NC(C)=O)=C(\C)N(C)C. The van der Waals surface area contributed by atoms with Crippen LogP contribution in [0.25, 0.3) is 0 Å². The second-order valence-corrected chi connectivity index (χ2v) is 4.18. The normalized spacial score (nSPS) is 11.4. The summed E-state index contributed by atoms with van der Waals surface area (Å²) in [5.41, 5.74) is 1.28. The van der Waals surface area contributed by atoms with Crippen molar-refractivity contribution in [2.24, 2.45) is 0 Å². The Kier molecular flexibility index (Phi) is 6.70. The number of carbonyl (C=O) groups is 3. The van der Waals surface area contributed by atoms with Gasteiger partial charge in [-0.15, -0.1) is 0 Å². The van der Waals surface area contributed by atoms with Crippen LogP contribution in [0.5, 0.6) is 0 Å². The Morgan fingerprint density at radius 3 is 2.06 bits per heavy atom. The average Bonchev–Trinajstić information content (AvgIpc) is 2.21. The average molecular weight is 256 g/mol. The van der Waals surface area contributed by atoms with Gasteiger partial charge in [-0.05, 0) is 13.8 Å². The molecule has 0 aromatic heterocycles. The van der Waals surface area contributed by atoms with Gasteiger partial charge in [0.25, 0.3) is 0 Å². The molecule has 0 radical (unpaired) electrons. The van der Waals surface area contributed by atoms with Crippen LogP contribution in [-0.2, 0) is 19.1 Å². The van der Waals surface area contributed by atoms with Gasteiger partial charge in [0.15, 0.2) is 0 Å². The van der Waals surface area contributed by atoms with Crippen LogP contribution in [0, 0.1) is 0 Å². The van der Waals surface area contributed by atoms with E-state index in [1.807, 2.05) is 14.1 Å². The van der Waals surface area contributed by atoms with Gasteiger partial charge in [0, 0.05) is 26.7 Å². The summed E-state index contributed by atoms with van der Waals surface area (Å²) in [6, 6.07) is 0. The summed E-state index contributed by atoms with van der Waals surface area (Å²) in [5.74, 6) is -1.10. The monoisotopic (exact) mass is 256 g/mol. The summed E-state index contributed by atoms with van der Waals surface area (Å²) in [6.45, 7) is 4.43. The first kappa shape index (κ1) is 16.1. The number of rotatable bonds is 6. The van der Waals surface area contributed by atoms with Gasteiger partial charge in [-0.1, -0.05) is 0 Å². The number of carbonyl (C=O) groups excluding carboxylic acids is 3. The van der Waals surface area contributed by atoms with Crippen LogP contribution in [0.3, 0.4) is 0 Å². The molecule has 1 amide bonds. The van der Waals surface area contributed by atoms with E-state index in [0.29, 0.717) is 5.70 Å². The summed E-state index contributed by atoms with van der Waals surface area (Å²) < 4.78 is 4.93. The van der Waals surface area contributed by atoms with Crippen LogP contribution < -0.4 is 5.32 Å². The van der Waals surface area contributed by atoms with E-state index in [9.17, 15) is 14.4 Å². The molecule has 6 nitrogen and oxygen atoms in total. The molecule has 0 unspecified atom stereocenters. The Morgan fingerprint density at radius 2 is 1.67 bits per heavy atom. The fraction of sp³-hybridized carbons (Fsp3) is 0.583. The van der Waals surface area contributed by atoms with Crippen LogP contribution >= 0.6 is 0 Å². The minimum absolute atomic E-state index is 0.0598. The maximum atomic E-state index is 11.2. The Bertz CT molecular complexity index is 372. The number of Topliss-reactive ketones (excluding diaryl/α,β-unsaturated/α-hetero) is 1. The van der Waals surface area contributed by atoms with E-state index in [4.69, 9.17) is 4.74 Å². The van der Waals surface area contributed by atoms with Crippen molar-refractivity contribution in [2.75, 3.05) is 20.7 Å². The van der Waals surface area contributed by atoms with E-state index in [1.165, 1.54) is 13.8 Å². The van der Waals surface area contributed by atoms with Crippen LogP contribution in [0.1, 0.15) is 27.2 Å². The Balaban J connectivity index is 4.62. The molecule has 0 aliphatic heterocycles. The molecule has 0 aliphatic carbocycles. The lowest BCUT2D eigenvalue weighted by atomic mass is 10.3. The van der Waals surface area contributed by atoms with Gasteiger partial charge in [0.05, 0.1) is 5.70 Å². The van der Waals surface area contributed by atoms with Gasteiger partial charge in [-0.3, -0.25) is 14.4 Å². The molecule has 18 heavy (non-hydrogen) atoms. The fourth-order valence-corrected chi connectivity index (χ4v) is 1.12. The predicted octanol–water partition coefficient (Wildman–Crippen LogP) is 0.438. The van der Waals surface area contributed by atoms with Gasteiger partial charge >= 0.3 is 5.97 Å². The molecule has 0 aliphatic rings. The number of amides is 1. The lowest BCUT2D eigenvalue weighted by Crippen LogP contribution is -2.28. The number of ketones is 1. The second-order valence-electron chi connectivity index (χ2n) is 4.18. The maximum absolute atomic E-state index is 11.2. The minimum atomic E-state index is -0.600. The maximum Gasteiger partial charge on any atom is 0.313 e. The molecule has 102 valence electrons. The lowest BCUT2D eigenvalue weighted by molar-refractivity contribution is -0.145. The summed E-state index contributed by atoms with van der Waals surface area (Å²) >= 11 is 0. The molecule has 0 fully saturated rings. The number of allylic oxidation sites excluding steroid dienone is 1. The van der Waals surface area contributed by atoms with E-state index < -0.39 is 5.97 Å². The van der Waals surface area contributed by atoms with Crippen molar-refractivity contribution < 1.29 is 19.1 Å². The molecule has 0 spiro atoms. The number of ether oxygens (including phenoxy) is 1. The zero-order chi connectivity index (χ0) is 14.3.